The van der Waals surface area contributed by atoms with Crippen LogP contribution in [0.4, 0.5) is 0 Å². The molecular formula is C19H26N4O. The van der Waals surface area contributed by atoms with Crippen LogP contribution >= 0.6 is 0 Å². The van der Waals surface area contributed by atoms with Gasteiger partial charge in [0.15, 0.2) is 0 Å². The number of carbonyl (C=O) groups excluding carboxylic acids is 1. The molecule has 0 radical (unpaired) electrons. The van der Waals surface area contributed by atoms with Gasteiger partial charge < -0.3 is 9.30 Å². The maximum absolute atomic E-state index is 13.0. The van der Waals surface area contributed by atoms with Crippen molar-refractivity contribution in [3.05, 3.63) is 35.8 Å². The minimum absolute atomic E-state index is 0.0911. The number of aromatic nitrogens is 2. The maximum atomic E-state index is 13.0. The van der Waals surface area contributed by atoms with Crippen molar-refractivity contribution in [1.82, 2.24) is 19.2 Å². The summed E-state index contributed by atoms with van der Waals surface area (Å²) in [6.07, 6.45) is 5.55. The van der Waals surface area contributed by atoms with E-state index in [9.17, 15) is 4.79 Å². The highest BCUT2D eigenvalue weighted by Crippen LogP contribution is 2.28. The van der Waals surface area contributed by atoms with E-state index in [4.69, 9.17) is 0 Å². The molecule has 1 amide bonds. The Kier molecular flexibility index (Phi) is 4.04. The lowest BCUT2D eigenvalue weighted by atomic mass is 9.95. The van der Waals surface area contributed by atoms with Gasteiger partial charge in [0.25, 0.3) is 5.91 Å². The molecule has 2 aromatic rings. The Balaban J connectivity index is 1.58. The fourth-order valence-corrected chi connectivity index (χ4v) is 4.32. The number of amides is 1. The molecule has 128 valence electrons. The molecule has 24 heavy (non-hydrogen) atoms. The Labute approximate surface area is 143 Å². The summed E-state index contributed by atoms with van der Waals surface area (Å²) in [5, 5.41) is 0. The highest BCUT2D eigenvalue weighted by molar-refractivity contribution is 5.93. The molecule has 0 aromatic carbocycles. The Bertz CT molecular complexity index is 753. The Morgan fingerprint density at radius 3 is 2.92 bits per heavy atom. The van der Waals surface area contributed by atoms with Gasteiger partial charge in [-0.1, -0.05) is 13.0 Å². The number of hydrogen-bond acceptors (Lipinski definition) is 3. The molecule has 5 heteroatoms. The van der Waals surface area contributed by atoms with Crippen LogP contribution < -0.4 is 0 Å². The fourth-order valence-electron chi connectivity index (χ4n) is 4.32. The van der Waals surface area contributed by atoms with Crippen LogP contribution in [0.1, 0.15) is 42.4 Å². The second-order valence-corrected chi connectivity index (χ2v) is 7.32. The number of carbonyl (C=O) groups is 1. The van der Waals surface area contributed by atoms with Crippen LogP contribution in [0.2, 0.25) is 0 Å². The largest absolute Gasteiger partial charge is 0.335 e. The first-order valence-electron chi connectivity index (χ1n) is 9.13. The van der Waals surface area contributed by atoms with Crippen molar-refractivity contribution in [1.29, 1.82) is 0 Å². The topological polar surface area (TPSA) is 40.9 Å². The zero-order valence-corrected chi connectivity index (χ0v) is 14.6. The summed E-state index contributed by atoms with van der Waals surface area (Å²) in [6, 6.07) is 6.50. The van der Waals surface area contributed by atoms with E-state index >= 15 is 0 Å². The van der Waals surface area contributed by atoms with Crippen molar-refractivity contribution in [2.75, 3.05) is 26.2 Å². The SMILES string of the molecule is CCCN1C[C@@H]2CC[C@H]1CN(C(=O)c1cn3c(C)cccc3n1)C2. The standard InChI is InChI=1S/C19H26N4O/c1-3-9-21-10-15-7-8-16(21)12-22(11-15)19(24)17-13-23-14(2)5-4-6-18(23)20-17/h4-6,13,15-16H,3,7-12H2,1-2H3/t15-,16-/m0/s1. The Morgan fingerprint density at radius 1 is 1.25 bits per heavy atom. The third kappa shape index (κ3) is 2.71. The van der Waals surface area contributed by atoms with Gasteiger partial charge in [-0.15, -0.1) is 0 Å². The minimum Gasteiger partial charge on any atom is -0.335 e. The molecule has 2 bridgehead atoms. The molecule has 0 saturated carbocycles. The number of pyridine rings is 1. The van der Waals surface area contributed by atoms with Gasteiger partial charge in [0.2, 0.25) is 0 Å². The molecule has 0 unspecified atom stereocenters. The van der Waals surface area contributed by atoms with Crippen molar-refractivity contribution in [2.24, 2.45) is 5.92 Å². The molecule has 3 aliphatic rings. The van der Waals surface area contributed by atoms with Crippen molar-refractivity contribution in [3.8, 4) is 0 Å². The summed E-state index contributed by atoms with van der Waals surface area (Å²) < 4.78 is 2.00. The van der Waals surface area contributed by atoms with Crippen molar-refractivity contribution in [3.63, 3.8) is 0 Å². The number of nitrogens with zero attached hydrogens (tertiary/aromatic N) is 4. The van der Waals surface area contributed by atoms with Crippen LogP contribution in [-0.4, -0.2) is 57.3 Å². The second kappa shape index (κ2) is 6.20. The third-order valence-corrected chi connectivity index (χ3v) is 5.54. The van der Waals surface area contributed by atoms with Crippen LogP contribution in [0.3, 0.4) is 0 Å². The average molecular weight is 326 g/mol. The predicted molar refractivity (Wildman–Crippen MR) is 94.2 cm³/mol. The maximum Gasteiger partial charge on any atom is 0.274 e. The van der Waals surface area contributed by atoms with E-state index in [0.29, 0.717) is 17.7 Å². The first kappa shape index (κ1) is 15.6. The molecule has 0 aliphatic carbocycles. The quantitative estimate of drug-likeness (QED) is 0.870. The fraction of sp³-hybridized carbons (Fsp3) is 0.579. The number of aryl methyl sites for hydroxylation is 1. The van der Waals surface area contributed by atoms with Crippen LogP contribution in [0.25, 0.3) is 5.65 Å². The molecule has 3 aliphatic heterocycles. The minimum atomic E-state index is 0.0911. The lowest BCUT2D eigenvalue weighted by Gasteiger charge is -2.35. The van der Waals surface area contributed by atoms with E-state index in [-0.39, 0.29) is 5.91 Å². The highest BCUT2D eigenvalue weighted by atomic mass is 16.2. The van der Waals surface area contributed by atoms with Gasteiger partial charge in [0, 0.05) is 37.6 Å². The van der Waals surface area contributed by atoms with Gasteiger partial charge in [0.05, 0.1) is 0 Å². The van der Waals surface area contributed by atoms with Crippen molar-refractivity contribution in [2.45, 2.75) is 39.2 Å². The first-order valence-corrected chi connectivity index (χ1v) is 9.13. The number of hydrogen-bond donors (Lipinski definition) is 0. The monoisotopic (exact) mass is 326 g/mol. The van der Waals surface area contributed by atoms with Crippen LogP contribution in [0.5, 0.6) is 0 Å². The average Bonchev–Trinajstić information content (AvgIpc) is 2.81. The van der Waals surface area contributed by atoms with E-state index in [1.807, 2.05) is 35.7 Å². The number of rotatable bonds is 3. The van der Waals surface area contributed by atoms with Gasteiger partial charge in [-0.3, -0.25) is 9.69 Å². The lowest BCUT2D eigenvalue weighted by molar-refractivity contribution is 0.0733. The number of piperidine rings is 1. The van der Waals surface area contributed by atoms with E-state index in [1.165, 1.54) is 19.3 Å². The zero-order chi connectivity index (χ0) is 16.7. The van der Waals surface area contributed by atoms with E-state index in [2.05, 4.69) is 21.7 Å². The Morgan fingerprint density at radius 2 is 2.12 bits per heavy atom. The van der Waals surface area contributed by atoms with Gasteiger partial charge >= 0.3 is 0 Å². The van der Waals surface area contributed by atoms with Crippen LogP contribution in [0.15, 0.2) is 24.4 Å². The molecule has 2 atom stereocenters. The predicted octanol–water partition coefficient (Wildman–Crippen LogP) is 2.59. The van der Waals surface area contributed by atoms with Gasteiger partial charge in [-0.05, 0) is 50.8 Å². The normalized spacial score (nSPS) is 24.5. The van der Waals surface area contributed by atoms with E-state index in [0.717, 1.165) is 37.5 Å². The molecule has 2 aromatic heterocycles. The summed E-state index contributed by atoms with van der Waals surface area (Å²) in [7, 11) is 0. The smallest absolute Gasteiger partial charge is 0.274 e. The molecule has 0 spiro atoms. The van der Waals surface area contributed by atoms with Crippen LogP contribution in [-0.2, 0) is 0 Å². The van der Waals surface area contributed by atoms with Crippen molar-refractivity contribution >= 4 is 11.6 Å². The molecule has 5 rings (SSSR count). The molecule has 5 heterocycles. The van der Waals surface area contributed by atoms with E-state index in [1.54, 1.807) is 0 Å². The third-order valence-electron chi connectivity index (χ3n) is 5.54. The highest BCUT2D eigenvalue weighted by Gasteiger charge is 2.36. The lowest BCUT2D eigenvalue weighted by Crippen LogP contribution is -2.44. The summed E-state index contributed by atoms with van der Waals surface area (Å²) in [5.41, 5.74) is 2.53. The van der Waals surface area contributed by atoms with Crippen molar-refractivity contribution < 1.29 is 4.79 Å². The number of imidazole rings is 1. The zero-order valence-electron chi connectivity index (χ0n) is 14.6. The molecular weight excluding hydrogens is 300 g/mol. The van der Waals surface area contributed by atoms with Gasteiger partial charge in [0.1, 0.15) is 11.3 Å². The summed E-state index contributed by atoms with van der Waals surface area (Å²) in [5.74, 6) is 0.700. The molecule has 3 fully saturated rings. The Hall–Kier alpha value is -1.88. The number of fused-ring (bicyclic) bond motifs is 5. The summed E-state index contributed by atoms with van der Waals surface area (Å²) in [6.45, 7) is 8.30. The second-order valence-electron chi connectivity index (χ2n) is 7.32. The van der Waals surface area contributed by atoms with Gasteiger partial charge in [-0.25, -0.2) is 4.98 Å². The summed E-state index contributed by atoms with van der Waals surface area (Å²) >= 11 is 0. The first-order chi connectivity index (χ1) is 11.7. The summed E-state index contributed by atoms with van der Waals surface area (Å²) in [4.78, 5) is 22.3. The van der Waals surface area contributed by atoms with Crippen LogP contribution in [0, 0.1) is 12.8 Å². The molecule has 0 N–H and O–H groups in total. The molecule has 3 saturated heterocycles. The molecule has 5 nitrogen and oxygen atoms in total. The van der Waals surface area contributed by atoms with Gasteiger partial charge in [-0.2, -0.15) is 0 Å². The van der Waals surface area contributed by atoms with E-state index < -0.39 is 0 Å².